The van der Waals surface area contributed by atoms with E-state index in [-0.39, 0.29) is 12.4 Å². The molecule has 4 rings (SSSR count). The zero-order chi connectivity index (χ0) is 16.4. The van der Waals surface area contributed by atoms with E-state index >= 15 is 0 Å². The molecule has 0 radical (unpaired) electrons. The Labute approximate surface area is 137 Å². The highest BCUT2D eigenvalue weighted by Gasteiger charge is 2.64. The molecular formula is C12H12BrN5O5. The van der Waals surface area contributed by atoms with E-state index in [1.54, 1.807) is 11.5 Å². The molecule has 23 heavy (non-hydrogen) atoms. The van der Waals surface area contributed by atoms with Crippen molar-refractivity contribution in [3.05, 3.63) is 11.1 Å². The number of aliphatic hydroxyl groups is 1. The third kappa shape index (κ3) is 1.87. The number of hydrogen-bond acceptors (Lipinski definition) is 9. The molecule has 10 nitrogen and oxygen atoms in total. The topological polar surface area (TPSA) is 135 Å². The maximum atomic E-state index is 11.6. The number of imidazole rings is 1. The van der Waals surface area contributed by atoms with Crippen LogP contribution in [0.4, 0.5) is 10.6 Å². The monoisotopic (exact) mass is 385 g/mol. The van der Waals surface area contributed by atoms with Crippen LogP contribution in [-0.4, -0.2) is 55.2 Å². The molecule has 2 aliphatic heterocycles. The van der Waals surface area contributed by atoms with Crippen LogP contribution in [0.1, 0.15) is 13.2 Å². The van der Waals surface area contributed by atoms with Gasteiger partial charge in [-0.2, -0.15) is 0 Å². The van der Waals surface area contributed by atoms with Gasteiger partial charge in [0.25, 0.3) is 0 Å². The third-order valence-electron chi connectivity index (χ3n) is 4.10. The van der Waals surface area contributed by atoms with E-state index in [4.69, 9.17) is 19.9 Å². The van der Waals surface area contributed by atoms with E-state index < -0.39 is 30.2 Å². The van der Waals surface area contributed by atoms with Crippen molar-refractivity contribution in [2.24, 2.45) is 0 Å². The van der Waals surface area contributed by atoms with E-state index in [2.05, 4.69) is 30.9 Å². The van der Waals surface area contributed by atoms with Gasteiger partial charge in [0, 0.05) is 0 Å². The number of carbonyl (C=O) groups excluding carboxylic acids is 1. The van der Waals surface area contributed by atoms with Crippen molar-refractivity contribution in [1.29, 1.82) is 0 Å². The Balaban J connectivity index is 1.89. The number of aliphatic hydroxyl groups excluding tert-OH is 1. The van der Waals surface area contributed by atoms with Gasteiger partial charge in [0.2, 0.25) is 0 Å². The van der Waals surface area contributed by atoms with Crippen molar-refractivity contribution in [2.75, 3.05) is 12.3 Å². The number of nitrogen functional groups attached to an aromatic ring is 1. The van der Waals surface area contributed by atoms with Gasteiger partial charge in [-0.15, -0.1) is 0 Å². The number of hydrogen-bond donors (Lipinski definition) is 2. The number of ether oxygens (including phenoxy) is 3. The molecule has 0 spiro atoms. The summed E-state index contributed by atoms with van der Waals surface area (Å²) in [6, 6.07) is 0. The average Bonchev–Trinajstić information content (AvgIpc) is 3.07. The second kappa shape index (κ2) is 4.76. The van der Waals surface area contributed by atoms with Crippen LogP contribution in [-0.2, 0) is 14.2 Å². The van der Waals surface area contributed by atoms with Crippen LogP contribution in [0.15, 0.2) is 11.1 Å². The molecule has 122 valence electrons. The first kappa shape index (κ1) is 14.6. The molecule has 2 aromatic rings. The van der Waals surface area contributed by atoms with Crippen molar-refractivity contribution in [3.8, 4) is 0 Å². The summed E-state index contributed by atoms with van der Waals surface area (Å²) < 4.78 is 18.3. The van der Waals surface area contributed by atoms with E-state index in [0.29, 0.717) is 15.9 Å². The molecule has 2 aromatic heterocycles. The molecule has 11 heteroatoms. The van der Waals surface area contributed by atoms with Gasteiger partial charge >= 0.3 is 6.16 Å². The fourth-order valence-electron chi connectivity index (χ4n) is 3.05. The summed E-state index contributed by atoms with van der Waals surface area (Å²) in [5.74, 6) is 0.215. The fraction of sp³-hybridized carbons (Fsp3) is 0.500. The zero-order valence-electron chi connectivity index (χ0n) is 11.8. The predicted molar refractivity (Wildman–Crippen MR) is 78.2 cm³/mol. The molecule has 0 saturated carbocycles. The Morgan fingerprint density at radius 1 is 1.52 bits per heavy atom. The van der Waals surface area contributed by atoms with E-state index in [1.807, 2.05) is 0 Å². The summed E-state index contributed by atoms with van der Waals surface area (Å²) in [6.07, 6.45) is -1.77. The summed E-state index contributed by atoms with van der Waals surface area (Å²) >= 11 is 3.34. The normalized spacial score (nSPS) is 32.8. The number of rotatable bonds is 2. The van der Waals surface area contributed by atoms with Crippen molar-refractivity contribution in [3.63, 3.8) is 0 Å². The Hall–Kier alpha value is -1.98. The molecular weight excluding hydrogens is 374 g/mol. The number of halogens is 1. The molecule has 0 bridgehead atoms. The van der Waals surface area contributed by atoms with Gasteiger partial charge in [-0.05, 0) is 22.9 Å². The van der Waals surface area contributed by atoms with Gasteiger partial charge in [0.05, 0.1) is 6.61 Å². The fourth-order valence-corrected chi connectivity index (χ4v) is 3.59. The summed E-state index contributed by atoms with van der Waals surface area (Å²) in [5.41, 5.74) is 5.48. The minimum Gasteiger partial charge on any atom is -0.424 e. The molecule has 0 aromatic carbocycles. The third-order valence-corrected chi connectivity index (χ3v) is 4.66. The van der Waals surface area contributed by atoms with Crippen LogP contribution in [0.2, 0.25) is 0 Å². The second-order valence-corrected chi connectivity index (χ2v) is 6.18. The van der Waals surface area contributed by atoms with Crippen molar-refractivity contribution < 1.29 is 24.1 Å². The largest absolute Gasteiger partial charge is 0.509 e. The van der Waals surface area contributed by atoms with Gasteiger partial charge in [-0.3, -0.25) is 4.57 Å². The quantitative estimate of drug-likeness (QED) is 0.554. The first-order valence-corrected chi connectivity index (χ1v) is 7.55. The van der Waals surface area contributed by atoms with Crippen molar-refractivity contribution in [1.82, 2.24) is 19.5 Å². The van der Waals surface area contributed by atoms with Crippen molar-refractivity contribution >= 4 is 39.1 Å². The molecule has 2 saturated heterocycles. The van der Waals surface area contributed by atoms with Crippen LogP contribution in [0.3, 0.4) is 0 Å². The second-order valence-electron chi connectivity index (χ2n) is 5.47. The van der Waals surface area contributed by atoms with Gasteiger partial charge in [0.1, 0.15) is 12.4 Å². The maximum absolute atomic E-state index is 11.6. The number of fused-ring (bicyclic) bond motifs is 2. The molecule has 0 amide bonds. The first-order valence-electron chi connectivity index (χ1n) is 6.75. The lowest BCUT2D eigenvalue weighted by Gasteiger charge is -2.26. The highest BCUT2D eigenvalue weighted by Crippen LogP contribution is 2.48. The minimum atomic E-state index is -1.14. The number of aromatic nitrogens is 4. The van der Waals surface area contributed by atoms with Crippen LogP contribution in [0, 0.1) is 0 Å². The number of nitrogens with zero attached hydrogens (tertiary/aromatic N) is 4. The smallest absolute Gasteiger partial charge is 0.424 e. The molecule has 4 atom stereocenters. The van der Waals surface area contributed by atoms with E-state index in [0.717, 1.165) is 0 Å². The zero-order valence-corrected chi connectivity index (χ0v) is 13.4. The average molecular weight is 386 g/mol. The minimum absolute atomic E-state index is 0.215. The summed E-state index contributed by atoms with van der Waals surface area (Å²) in [5, 5.41) is 9.50. The van der Waals surface area contributed by atoms with Crippen molar-refractivity contribution in [2.45, 2.75) is 31.0 Å². The number of anilines is 1. The van der Waals surface area contributed by atoms with E-state index in [1.165, 1.54) is 6.33 Å². The standard InChI is InChI=1S/C12H12BrN5O5/c1-12-6(22-11(20)23-12)4(2-19)21-9(12)18-8-5(17-10(18)13)7(14)15-3-16-8/h3-4,6,9,19H,2H2,1H3,(H2,14,15,16)/t4-,6-,9-,12-/m1/s1. The lowest BCUT2D eigenvalue weighted by molar-refractivity contribution is -0.0917. The SMILES string of the molecule is C[C@@]12OC(=O)O[C@@H]1[C@@H](CO)O[C@H]2n1c(Br)nc2c(N)ncnc21. The van der Waals surface area contributed by atoms with Gasteiger partial charge in [-0.1, -0.05) is 0 Å². The Morgan fingerprint density at radius 3 is 3.04 bits per heavy atom. The van der Waals surface area contributed by atoms with Gasteiger partial charge in [0.15, 0.2) is 39.6 Å². The van der Waals surface area contributed by atoms with E-state index in [9.17, 15) is 9.90 Å². The Kier molecular flexibility index (Phi) is 3.02. The number of nitrogens with two attached hydrogens (primary N) is 1. The molecule has 0 unspecified atom stereocenters. The van der Waals surface area contributed by atoms with Crippen LogP contribution >= 0.6 is 15.9 Å². The summed E-state index contributed by atoms with van der Waals surface area (Å²) in [7, 11) is 0. The first-order chi connectivity index (χ1) is 11.0. The molecule has 2 aliphatic rings. The molecule has 2 fully saturated rings. The predicted octanol–water partition coefficient (Wildman–Crippen LogP) is 0.355. The molecule has 4 heterocycles. The van der Waals surface area contributed by atoms with Crippen LogP contribution in [0.5, 0.6) is 0 Å². The number of carbonyl (C=O) groups is 1. The van der Waals surface area contributed by atoms with Crippen LogP contribution < -0.4 is 5.73 Å². The highest BCUT2D eigenvalue weighted by molar-refractivity contribution is 9.10. The Morgan fingerprint density at radius 2 is 2.30 bits per heavy atom. The van der Waals surface area contributed by atoms with Crippen LogP contribution in [0.25, 0.3) is 11.2 Å². The molecule has 3 N–H and O–H groups in total. The lowest BCUT2D eigenvalue weighted by atomic mass is 9.96. The lowest BCUT2D eigenvalue weighted by Crippen LogP contribution is -2.42. The maximum Gasteiger partial charge on any atom is 0.509 e. The highest BCUT2D eigenvalue weighted by atomic mass is 79.9. The van der Waals surface area contributed by atoms with Gasteiger partial charge in [-0.25, -0.2) is 19.7 Å². The Bertz CT molecular complexity index is 812. The summed E-state index contributed by atoms with van der Waals surface area (Å²) in [6.45, 7) is 1.35. The summed E-state index contributed by atoms with van der Waals surface area (Å²) in [4.78, 5) is 23.9. The van der Waals surface area contributed by atoms with Gasteiger partial charge < -0.3 is 25.1 Å². The molecule has 0 aliphatic carbocycles.